The van der Waals surface area contributed by atoms with E-state index >= 15 is 0 Å². The Hall–Kier alpha value is -7.14. The van der Waals surface area contributed by atoms with Gasteiger partial charge in [-0.3, -0.25) is 0 Å². The lowest BCUT2D eigenvalue weighted by Gasteiger charge is -2.27. The van der Waals surface area contributed by atoms with Gasteiger partial charge in [-0.05, 0) is 89.3 Å². The molecule has 0 fully saturated rings. The van der Waals surface area contributed by atoms with Crippen LogP contribution in [0.3, 0.4) is 0 Å². The van der Waals surface area contributed by atoms with Crippen molar-refractivity contribution in [1.82, 2.24) is 4.57 Å². The predicted octanol–water partition coefficient (Wildman–Crippen LogP) is 15.3. The van der Waals surface area contributed by atoms with Gasteiger partial charge in [0.2, 0.25) is 0 Å². The maximum absolute atomic E-state index is 6.61. The largest absolute Gasteiger partial charge is 0.455 e. The maximum Gasteiger partial charge on any atom is 0.143 e. The minimum Gasteiger partial charge on any atom is -0.455 e. The normalized spacial score (nSPS) is 11.9. The lowest BCUT2D eigenvalue weighted by molar-refractivity contribution is 0.673. The van der Waals surface area contributed by atoms with Crippen molar-refractivity contribution in [2.24, 2.45) is 0 Å². The fourth-order valence-corrected chi connectivity index (χ4v) is 10.0. The Morgan fingerprint density at radius 1 is 0.429 bits per heavy atom. The van der Waals surface area contributed by atoms with E-state index in [1.807, 2.05) is 11.3 Å². The number of para-hydroxylation sites is 2. The summed E-state index contributed by atoms with van der Waals surface area (Å²) in [5.41, 5.74) is 10.9. The highest BCUT2D eigenvalue weighted by Gasteiger charge is 2.20. The number of aromatic nitrogens is 1. The topological polar surface area (TPSA) is 21.3 Å². The Balaban J connectivity index is 1.07. The molecule has 0 saturated carbocycles. The van der Waals surface area contributed by atoms with Crippen molar-refractivity contribution in [3.63, 3.8) is 0 Å². The summed E-state index contributed by atoms with van der Waals surface area (Å²) in [4.78, 5) is 2.41. The molecule has 3 aromatic heterocycles. The van der Waals surface area contributed by atoms with Crippen molar-refractivity contribution in [3.8, 4) is 16.8 Å². The van der Waals surface area contributed by atoms with Crippen molar-refractivity contribution < 1.29 is 4.42 Å². The van der Waals surface area contributed by atoms with Gasteiger partial charge in [0.05, 0.1) is 11.0 Å². The number of hydrogen-bond acceptors (Lipinski definition) is 3. The zero-order valence-corrected chi connectivity index (χ0v) is 31.0. The molecule has 0 bridgehead atoms. The summed E-state index contributed by atoms with van der Waals surface area (Å²) in [5, 5.41) is 9.67. The number of thiophene rings is 1. The average Bonchev–Trinajstić information content (AvgIpc) is 3.94. The van der Waals surface area contributed by atoms with E-state index in [1.165, 1.54) is 47.4 Å². The van der Waals surface area contributed by atoms with Crippen LogP contribution in [0.1, 0.15) is 0 Å². The third-order valence-corrected chi connectivity index (χ3v) is 12.5. The Labute approximate surface area is 326 Å². The number of rotatable bonds is 5. The third kappa shape index (κ3) is 4.70. The van der Waals surface area contributed by atoms with Gasteiger partial charge in [-0.1, -0.05) is 121 Å². The molecule has 0 N–H and O–H groups in total. The van der Waals surface area contributed by atoms with Crippen molar-refractivity contribution in [1.29, 1.82) is 0 Å². The van der Waals surface area contributed by atoms with Crippen molar-refractivity contribution in [3.05, 3.63) is 194 Å². The van der Waals surface area contributed by atoms with Crippen molar-refractivity contribution >= 4 is 103 Å². The van der Waals surface area contributed by atoms with E-state index in [4.69, 9.17) is 4.42 Å². The van der Waals surface area contributed by atoms with Gasteiger partial charge in [0.15, 0.2) is 0 Å². The van der Waals surface area contributed by atoms with Crippen LogP contribution in [0.5, 0.6) is 0 Å². The first kappa shape index (κ1) is 31.2. The molecule has 0 saturated heterocycles. The van der Waals surface area contributed by atoms with Crippen LogP contribution >= 0.6 is 11.3 Å². The molecule has 3 nitrogen and oxygen atoms in total. The summed E-state index contributed by atoms with van der Waals surface area (Å²) in [5.74, 6) is 0. The molecule has 0 unspecified atom stereocenters. The van der Waals surface area contributed by atoms with Gasteiger partial charge in [0.25, 0.3) is 0 Å². The molecule has 12 aromatic rings. The average molecular weight is 733 g/mol. The second-order valence-electron chi connectivity index (χ2n) is 14.5. The molecular weight excluding hydrogens is 701 g/mol. The minimum absolute atomic E-state index is 0.894. The summed E-state index contributed by atoms with van der Waals surface area (Å²) in [6.07, 6.45) is 0. The van der Waals surface area contributed by atoms with E-state index in [9.17, 15) is 0 Å². The molecule has 0 amide bonds. The minimum atomic E-state index is 0.894. The first-order valence-corrected chi connectivity index (χ1v) is 19.8. The fraction of sp³-hybridized carbons (Fsp3) is 0. The summed E-state index contributed by atoms with van der Waals surface area (Å²) in [7, 11) is 0. The smallest absolute Gasteiger partial charge is 0.143 e. The molecule has 3 heterocycles. The summed E-state index contributed by atoms with van der Waals surface area (Å²) in [6, 6.07) is 70.3. The van der Waals surface area contributed by atoms with E-state index in [0.717, 1.165) is 61.2 Å². The van der Waals surface area contributed by atoms with Crippen molar-refractivity contribution in [2.45, 2.75) is 0 Å². The van der Waals surface area contributed by atoms with Gasteiger partial charge in [-0.2, -0.15) is 0 Å². The third-order valence-electron chi connectivity index (χ3n) is 11.3. The summed E-state index contributed by atoms with van der Waals surface area (Å²) < 4.78 is 11.6. The zero-order valence-electron chi connectivity index (χ0n) is 30.2. The molecule has 0 aliphatic heterocycles. The number of nitrogens with zero attached hydrogens (tertiary/aromatic N) is 2. The SMILES string of the molecule is c1cc(-c2cccc3oc4c5ccccc5ccc4c23)cc(N(c2cccc(-n3c4ccccc4c4ccccc43)c2)c2ccc3c(c2)sc2ccccc23)c1. The van der Waals surface area contributed by atoms with Gasteiger partial charge in [-0.15, -0.1) is 11.3 Å². The van der Waals surface area contributed by atoms with E-state index in [0.29, 0.717) is 0 Å². The molecule has 262 valence electrons. The second-order valence-corrected chi connectivity index (χ2v) is 15.6. The molecule has 12 rings (SSSR count). The van der Waals surface area contributed by atoms with Gasteiger partial charge in [0, 0.05) is 69.9 Å². The van der Waals surface area contributed by atoms with Crippen LogP contribution in [0.4, 0.5) is 17.1 Å². The standard InChI is InChI=1S/C52H32N2OS/c1-2-17-40-33(12-1)26-28-45-51-39(21-11-24-48(51)55-52(40)45)34-13-9-14-35(30-34)53(38-27-29-44-43-20-5-8-25-49(43)56-50(44)32-38)36-15-10-16-37(31-36)54-46-22-6-3-18-41(46)42-19-4-7-23-47(42)54/h1-32H. The monoisotopic (exact) mass is 732 g/mol. The molecule has 4 heteroatoms. The highest BCUT2D eigenvalue weighted by Crippen LogP contribution is 2.44. The molecule has 0 spiro atoms. The number of furan rings is 1. The Morgan fingerprint density at radius 2 is 1.07 bits per heavy atom. The van der Waals surface area contributed by atoms with Gasteiger partial charge in [-0.25, -0.2) is 0 Å². The fourth-order valence-electron chi connectivity index (χ4n) is 8.88. The van der Waals surface area contributed by atoms with E-state index in [1.54, 1.807) is 0 Å². The Kier molecular flexibility index (Phi) is 6.80. The van der Waals surface area contributed by atoms with Crippen molar-refractivity contribution in [2.75, 3.05) is 4.90 Å². The molecular formula is C52H32N2OS. The van der Waals surface area contributed by atoms with E-state index < -0.39 is 0 Å². The second kappa shape index (κ2) is 12.2. The van der Waals surface area contributed by atoms with Crippen LogP contribution in [0, 0.1) is 0 Å². The van der Waals surface area contributed by atoms with Gasteiger partial charge < -0.3 is 13.9 Å². The lowest BCUT2D eigenvalue weighted by atomic mass is 9.97. The number of hydrogen-bond donors (Lipinski definition) is 0. The summed E-state index contributed by atoms with van der Waals surface area (Å²) in [6.45, 7) is 0. The highest BCUT2D eigenvalue weighted by molar-refractivity contribution is 7.25. The quantitative estimate of drug-likeness (QED) is 0.176. The van der Waals surface area contributed by atoms with Gasteiger partial charge >= 0.3 is 0 Å². The highest BCUT2D eigenvalue weighted by atomic mass is 32.1. The maximum atomic E-state index is 6.61. The predicted molar refractivity (Wildman–Crippen MR) is 239 cm³/mol. The molecule has 0 radical (unpaired) electrons. The number of benzene rings is 9. The molecule has 0 aliphatic carbocycles. The number of fused-ring (bicyclic) bond motifs is 11. The molecule has 0 aliphatic rings. The lowest BCUT2D eigenvalue weighted by Crippen LogP contribution is -2.10. The first-order chi connectivity index (χ1) is 27.8. The summed E-state index contributed by atoms with van der Waals surface area (Å²) >= 11 is 1.85. The molecule has 9 aromatic carbocycles. The molecule has 0 atom stereocenters. The van der Waals surface area contributed by atoms with Crippen LogP contribution in [0.25, 0.3) is 91.5 Å². The van der Waals surface area contributed by atoms with Crippen LogP contribution in [-0.4, -0.2) is 4.57 Å². The van der Waals surface area contributed by atoms with Crippen LogP contribution < -0.4 is 4.90 Å². The Bertz CT molecular complexity index is 3460. The zero-order chi connectivity index (χ0) is 36.7. The van der Waals surface area contributed by atoms with Crippen LogP contribution in [0.15, 0.2) is 199 Å². The first-order valence-electron chi connectivity index (χ1n) is 19.0. The van der Waals surface area contributed by atoms with Gasteiger partial charge in [0.1, 0.15) is 11.2 Å². The number of anilines is 3. The van der Waals surface area contributed by atoms with E-state index in [-0.39, 0.29) is 0 Å². The Morgan fingerprint density at radius 3 is 1.91 bits per heavy atom. The van der Waals surface area contributed by atoms with Crippen LogP contribution in [0.2, 0.25) is 0 Å². The van der Waals surface area contributed by atoms with Crippen LogP contribution in [-0.2, 0) is 0 Å². The molecule has 56 heavy (non-hydrogen) atoms. The van der Waals surface area contributed by atoms with E-state index in [2.05, 4.69) is 204 Å².